The lowest BCUT2D eigenvalue weighted by Gasteiger charge is -2.05. The second-order valence-corrected chi connectivity index (χ2v) is 5.68. The Morgan fingerprint density at radius 1 is 1.04 bits per heavy atom. The van der Waals surface area contributed by atoms with E-state index >= 15 is 0 Å². The monoisotopic (exact) mass is 368 g/mol. The highest BCUT2D eigenvalue weighted by Gasteiger charge is 2.11. The highest BCUT2D eigenvalue weighted by atomic mass is 19.1. The van der Waals surface area contributed by atoms with Crippen LogP contribution in [0.1, 0.15) is 26.4 Å². The molecule has 138 valence electrons. The fourth-order valence-electron chi connectivity index (χ4n) is 2.30. The van der Waals surface area contributed by atoms with E-state index in [0.717, 1.165) is 5.56 Å². The standard InChI is InChI=1S/C18H17FN6O2/c19-15-5-3-13(4-6-15)11-25-12-16(23-24-25)18(27)22-9-8-21-17(26)14-2-1-7-20-10-14/h1-7,10,12H,8-9,11H2,(H,21,26)(H,22,27). The number of benzene rings is 1. The van der Waals surface area contributed by atoms with Crippen molar-refractivity contribution in [3.63, 3.8) is 0 Å². The first-order chi connectivity index (χ1) is 13.1. The largest absolute Gasteiger partial charge is 0.350 e. The first-order valence-corrected chi connectivity index (χ1v) is 8.23. The third-order valence-corrected chi connectivity index (χ3v) is 3.65. The van der Waals surface area contributed by atoms with Gasteiger partial charge in [-0.25, -0.2) is 9.07 Å². The Labute approximate surface area is 154 Å². The summed E-state index contributed by atoms with van der Waals surface area (Å²) in [5, 5.41) is 13.0. The van der Waals surface area contributed by atoms with E-state index in [-0.39, 0.29) is 30.5 Å². The normalized spacial score (nSPS) is 10.4. The maximum atomic E-state index is 12.9. The number of carbonyl (C=O) groups is 2. The van der Waals surface area contributed by atoms with Crippen LogP contribution in [0.4, 0.5) is 4.39 Å². The van der Waals surface area contributed by atoms with Gasteiger partial charge >= 0.3 is 0 Å². The fraction of sp³-hybridized carbons (Fsp3) is 0.167. The summed E-state index contributed by atoms with van der Waals surface area (Å²) in [5.41, 5.74) is 1.45. The lowest BCUT2D eigenvalue weighted by atomic mass is 10.2. The number of carbonyl (C=O) groups excluding carboxylic acids is 2. The minimum atomic E-state index is -0.393. The zero-order valence-electron chi connectivity index (χ0n) is 14.3. The van der Waals surface area contributed by atoms with Crippen molar-refractivity contribution in [2.24, 2.45) is 0 Å². The Kier molecular flexibility index (Phi) is 5.83. The maximum Gasteiger partial charge on any atom is 0.273 e. The van der Waals surface area contributed by atoms with Crippen molar-refractivity contribution in [1.82, 2.24) is 30.6 Å². The molecular formula is C18H17FN6O2. The first kappa shape index (κ1) is 18.2. The highest BCUT2D eigenvalue weighted by Crippen LogP contribution is 2.05. The molecule has 3 aromatic rings. The molecule has 0 radical (unpaired) electrons. The van der Waals surface area contributed by atoms with Gasteiger partial charge in [-0.05, 0) is 29.8 Å². The Morgan fingerprint density at radius 2 is 1.78 bits per heavy atom. The molecule has 0 saturated carbocycles. The third kappa shape index (κ3) is 5.18. The Hall–Kier alpha value is -3.62. The summed E-state index contributed by atoms with van der Waals surface area (Å²) in [6.07, 6.45) is 4.56. The van der Waals surface area contributed by atoms with Crippen molar-refractivity contribution >= 4 is 11.8 Å². The summed E-state index contributed by atoms with van der Waals surface area (Å²) in [4.78, 5) is 27.8. The van der Waals surface area contributed by atoms with Gasteiger partial charge in [0.1, 0.15) is 5.82 Å². The van der Waals surface area contributed by atoms with Gasteiger partial charge in [0, 0.05) is 25.5 Å². The summed E-state index contributed by atoms with van der Waals surface area (Å²) in [6, 6.07) is 9.33. The molecule has 2 aromatic heterocycles. The second-order valence-electron chi connectivity index (χ2n) is 5.68. The quantitative estimate of drug-likeness (QED) is 0.606. The molecule has 1 aromatic carbocycles. The van der Waals surface area contributed by atoms with Gasteiger partial charge in [0.15, 0.2) is 5.69 Å². The number of rotatable bonds is 7. The summed E-state index contributed by atoms with van der Waals surface area (Å²) in [7, 11) is 0. The molecule has 0 unspecified atom stereocenters. The van der Waals surface area contributed by atoms with E-state index in [4.69, 9.17) is 0 Å². The number of halogens is 1. The van der Waals surface area contributed by atoms with Crippen LogP contribution in [0.25, 0.3) is 0 Å². The predicted octanol–water partition coefficient (Wildman–Crippen LogP) is 1.02. The summed E-state index contributed by atoms with van der Waals surface area (Å²) < 4.78 is 14.4. The van der Waals surface area contributed by atoms with Crippen LogP contribution in [0.2, 0.25) is 0 Å². The number of amides is 2. The summed E-state index contributed by atoms with van der Waals surface area (Å²) in [6.45, 7) is 0.889. The van der Waals surface area contributed by atoms with E-state index in [1.807, 2.05) is 0 Å². The minimum Gasteiger partial charge on any atom is -0.350 e. The van der Waals surface area contributed by atoms with Crippen LogP contribution in [-0.4, -0.2) is 44.9 Å². The van der Waals surface area contributed by atoms with E-state index in [0.29, 0.717) is 12.1 Å². The van der Waals surface area contributed by atoms with Gasteiger partial charge in [0.25, 0.3) is 11.8 Å². The lowest BCUT2D eigenvalue weighted by molar-refractivity contribution is 0.0925. The minimum absolute atomic E-state index is 0.163. The molecule has 0 aliphatic rings. The summed E-state index contributed by atoms with van der Waals surface area (Å²) in [5.74, 6) is -0.966. The molecule has 2 amide bonds. The molecule has 3 rings (SSSR count). The van der Waals surface area contributed by atoms with Gasteiger partial charge in [-0.2, -0.15) is 0 Å². The maximum absolute atomic E-state index is 12.9. The van der Waals surface area contributed by atoms with Gasteiger partial charge < -0.3 is 10.6 Å². The number of pyridine rings is 1. The van der Waals surface area contributed by atoms with E-state index in [9.17, 15) is 14.0 Å². The van der Waals surface area contributed by atoms with Crippen molar-refractivity contribution < 1.29 is 14.0 Å². The van der Waals surface area contributed by atoms with Gasteiger partial charge in [-0.15, -0.1) is 5.10 Å². The molecule has 0 saturated heterocycles. The zero-order chi connectivity index (χ0) is 19.1. The number of aromatic nitrogens is 4. The van der Waals surface area contributed by atoms with Crippen LogP contribution in [0.5, 0.6) is 0 Å². The molecule has 0 bridgehead atoms. The molecule has 2 heterocycles. The van der Waals surface area contributed by atoms with E-state index in [2.05, 4.69) is 25.9 Å². The van der Waals surface area contributed by atoms with Gasteiger partial charge in [-0.3, -0.25) is 14.6 Å². The number of hydrogen-bond donors (Lipinski definition) is 2. The van der Waals surface area contributed by atoms with Crippen LogP contribution >= 0.6 is 0 Å². The van der Waals surface area contributed by atoms with Gasteiger partial charge in [0.2, 0.25) is 0 Å². The van der Waals surface area contributed by atoms with Crippen molar-refractivity contribution in [1.29, 1.82) is 0 Å². The SMILES string of the molecule is O=C(NCCNC(=O)c1cn(Cc2ccc(F)cc2)nn1)c1cccnc1. The lowest BCUT2D eigenvalue weighted by Crippen LogP contribution is -2.34. The molecule has 8 nitrogen and oxygen atoms in total. The number of hydrogen-bond acceptors (Lipinski definition) is 5. The van der Waals surface area contributed by atoms with Gasteiger partial charge in [0.05, 0.1) is 18.3 Å². The Bertz CT molecular complexity index is 911. The first-order valence-electron chi connectivity index (χ1n) is 8.23. The highest BCUT2D eigenvalue weighted by molar-refractivity contribution is 5.94. The number of nitrogens with zero attached hydrogens (tertiary/aromatic N) is 4. The smallest absolute Gasteiger partial charge is 0.273 e. The number of nitrogens with one attached hydrogen (secondary N) is 2. The van der Waals surface area contributed by atoms with Crippen LogP contribution in [0.3, 0.4) is 0 Å². The van der Waals surface area contributed by atoms with Crippen molar-refractivity contribution in [2.45, 2.75) is 6.54 Å². The van der Waals surface area contributed by atoms with E-state index in [1.165, 1.54) is 29.2 Å². The molecule has 0 fully saturated rings. The zero-order valence-corrected chi connectivity index (χ0v) is 14.3. The molecule has 9 heteroatoms. The van der Waals surface area contributed by atoms with Gasteiger partial charge in [-0.1, -0.05) is 17.3 Å². The topological polar surface area (TPSA) is 102 Å². The van der Waals surface area contributed by atoms with Crippen LogP contribution in [-0.2, 0) is 6.54 Å². The van der Waals surface area contributed by atoms with Crippen LogP contribution < -0.4 is 10.6 Å². The van der Waals surface area contributed by atoms with Crippen LogP contribution in [0.15, 0.2) is 55.0 Å². The molecule has 0 spiro atoms. The second kappa shape index (κ2) is 8.65. The molecule has 0 aliphatic heterocycles. The van der Waals surface area contributed by atoms with Crippen LogP contribution in [0, 0.1) is 5.82 Å². The molecule has 2 N–H and O–H groups in total. The average molecular weight is 368 g/mol. The Balaban J connectivity index is 1.44. The van der Waals surface area contributed by atoms with Crippen molar-refractivity contribution in [3.05, 3.63) is 77.6 Å². The molecule has 0 aliphatic carbocycles. The third-order valence-electron chi connectivity index (χ3n) is 3.65. The molecular weight excluding hydrogens is 351 g/mol. The van der Waals surface area contributed by atoms with E-state index in [1.54, 1.807) is 30.5 Å². The Morgan fingerprint density at radius 3 is 2.48 bits per heavy atom. The predicted molar refractivity (Wildman–Crippen MR) is 94.4 cm³/mol. The van der Waals surface area contributed by atoms with Crippen molar-refractivity contribution in [3.8, 4) is 0 Å². The van der Waals surface area contributed by atoms with Crippen molar-refractivity contribution in [2.75, 3.05) is 13.1 Å². The average Bonchev–Trinajstić information content (AvgIpc) is 3.16. The molecule has 27 heavy (non-hydrogen) atoms. The fourth-order valence-corrected chi connectivity index (χ4v) is 2.30. The summed E-state index contributed by atoms with van der Waals surface area (Å²) >= 11 is 0. The molecule has 0 atom stereocenters. The van der Waals surface area contributed by atoms with E-state index < -0.39 is 5.91 Å².